The Morgan fingerprint density at radius 1 is 0.875 bits per heavy atom. The Balaban J connectivity index is 1.71. The fourth-order valence-electron chi connectivity index (χ4n) is 3.12. The molecule has 0 saturated carbocycles. The van der Waals surface area contributed by atoms with Gasteiger partial charge in [-0.15, -0.1) is 0 Å². The van der Waals surface area contributed by atoms with E-state index in [0.29, 0.717) is 28.5 Å². The van der Waals surface area contributed by atoms with Gasteiger partial charge in [-0.1, -0.05) is 24.3 Å². The first-order chi connectivity index (χ1) is 15.5. The summed E-state index contributed by atoms with van der Waals surface area (Å²) in [6.07, 6.45) is 5.77. The third-order valence-electron chi connectivity index (χ3n) is 4.78. The molecule has 0 heterocycles. The number of carbonyl (C=O) groups excluding carboxylic acids is 1. The summed E-state index contributed by atoms with van der Waals surface area (Å²) in [5, 5.41) is 0. The number of hydrogen-bond acceptors (Lipinski definition) is 6. The van der Waals surface area contributed by atoms with Crippen molar-refractivity contribution < 1.29 is 19.0 Å². The van der Waals surface area contributed by atoms with Crippen LogP contribution in [0.25, 0.3) is 12.2 Å². The lowest BCUT2D eigenvalue weighted by molar-refractivity contribution is 0.100. The third-order valence-corrected chi connectivity index (χ3v) is 4.78. The fraction of sp³-hybridized carbons (Fsp3) is 0.154. The van der Waals surface area contributed by atoms with E-state index in [1.165, 1.54) is 0 Å². The molecule has 0 bridgehead atoms. The van der Waals surface area contributed by atoms with E-state index in [9.17, 15) is 4.79 Å². The first kappa shape index (κ1) is 22.6. The van der Waals surface area contributed by atoms with E-state index in [0.717, 1.165) is 16.8 Å². The van der Waals surface area contributed by atoms with E-state index in [2.05, 4.69) is 4.99 Å². The molecule has 0 saturated heterocycles. The van der Waals surface area contributed by atoms with Gasteiger partial charge in [-0.25, -0.2) is 0 Å². The van der Waals surface area contributed by atoms with E-state index in [-0.39, 0.29) is 12.2 Å². The van der Waals surface area contributed by atoms with Crippen LogP contribution in [0.2, 0.25) is 0 Å². The van der Waals surface area contributed by atoms with Crippen LogP contribution >= 0.6 is 0 Å². The van der Waals surface area contributed by atoms with Gasteiger partial charge in [0.05, 0.1) is 27.0 Å². The van der Waals surface area contributed by atoms with Crippen LogP contribution in [0.4, 0.5) is 11.4 Å². The lowest BCUT2D eigenvalue weighted by atomic mass is 10.1. The molecule has 3 aromatic rings. The second kappa shape index (κ2) is 10.8. The van der Waals surface area contributed by atoms with Gasteiger partial charge < -0.3 is 19.9 Å². The minimum absolute atomic E-state index is 0.00722. The molecule has 0 aromatic heterocycles. The molecule has 0 atom stereocenters. The zero-order valence-corrected chi connectivity index (χ0v) is 18.4. The predicted molar refractivity (Wildman–Crippen MR) is 129 cm³/mol. The van der Waals surface area contributed by atoms with Crippen molar-refractivity contribution in [1.82, 2.24) is 0 Å². The van der Waals surface area contributed by atoms with E-state index in [4.69, 9.17) is 19.9 Å². The second-order valence-corrected chi connectivity index (χ2v) is 6.95. The molecule has 0 spiro atoms. The van der Waals surface area contributed by atoms with Crippen LogP contribution in [0.1, 0.15) is 27.9 Å². The van der Waals surface area contributed by atoms with Gasteiger partial charge >= 0.3 is 0 Å². The quantitative estimate of drug-likeness (QED) is 0.211. The Labute approximate surface area is 188 Å². The van der Waals surface area contributed by atoms with E-state index >= 15 is 0 Å². The maximum absolute atomic E-state index is 12.3. The molecular formula is C26H26N2O4. The molecule has 0 radical (unpaired) electrons. The van der Waals surface area contributed by atoms with Crippen molar-refractivity contribution in [3.05, 3.63) is 77.4 Å². The van der Waals surface area contributed by atoms with Gasteiger partial charge in [-0.05, 0) is 59.7 Å². The number of nitrogens with two attached hydrogens (primary N) is 1. The highest BCUT2D eigenvalue weighted by Gasteiger charge is 2.12. The van der Waals surface area contributed by atoms with Crippen molar-refractivity contribution in [2.75, 3.05) is 27.1 Å². The minimum Gasteiger partial charge on any atom is -0.493 e. The number of ketones is 1. The molecule has 3 rings (SSSR count). The SMILES string of the molecule is COc1cc(/C=C\c2cccc(N=CCC(=O)c3ccc(N)cc3)c2)cc(OC)c1OC. The van der Waals surface area contributed by atoms with Crippen molar-refractivity contribution in [2.45, 2.75) is 6.42 Å². The first-order valence-electron chi connectivity index (χ1n) is 10.0. The molecule has 0 amide bonds. The van der Waals surface area contributed by atoms with Gasteiger partial charge in [0.2, 0.25) is 5.75 Å². The highest BCUT2D eigenvalue weighted by molar-refractivity contribution is 6.04. The highest BCUT2D eigenvalue weighted by Crippen LogP contribution is 2.38. The van der Waals surface area contributed by atoms with Crippen molar-refractivity contribution in [1.29, 1.82) is 0 Å². The average molecular weight is 431 g/mol. The van der Waals surface area contributed by atoms with E-state index in [1.807, 2.05) is 48.6 Å². The van der Waals surface area contributed by atoms with Crippen molar-refractivity contribution in [3.8, 4) is 17.2 Å². The number of rotatable bonds is 9. The lowest BCUT2D eigenvalue weighted by Gasteiger charge is -2.12. The summed E-state index contributed by atoms with van der Waals surface area (Å²) in [4.78, 5) is 16.7. The molecule has 0 aliphatic rings. The maximum atomic E-state index is 12.3. The first-order valence-corrected chi connectivity index (χ1v) is 10.0. The second-order valence-electron chi connectivity index (χ2n) is 6.95. The lowest BCUT2D eigenvalue weighted by Crippen LogP contribution is -1.99. The van der Waals surface area contributed by atoms with Crippen LogP contribution in [-0.2, 0) is 0 Å². The van der Waals surface area contributed by atoms with Gasteiger partial charge in [0, 0.05) is 23.9 Å². The summed E-state index contributed by atoms with van der Waals surface area (Å²) in [6.45, 7) is 0. The third kappa shape index (κ3) is 5.76. The van der Waals surface area contributed by atoms with Gasteiger partial charge in [0.1, 0.15) is 0 Å². The zero-order chi connectivity index (χ0) is 22.9. The van der Waals surface area contributed by atoms with Crippen LogP contribution in [0.5, 0.6) is 17.2 Å². The van der Waals surface area contributed by atoms with E-state index in [1.54, 1.807) is 51.8 Å². The topological polar surface area (TPSA) is 83.1 Å². The summed E-state index contributed by atoms with van der Waals surface area (Å²) < 4.78 is 16.2. The highest BCUT2D eigenvalue weighted by atomic mass is 16.5. The number of nitrogens with zero attached hydrogens (tertiary/aromatic N) is 1. The molecular weight excluding hydrogens is 404 g/mol. The van der Waals surface area contributed by atoms with Gasteiger partial charge in [-0.3, -0.25) is 9.79 Å². The molecule has 2 N–H and O–H groups in total. The van der Waals surface area contributed by atoms with Crippen molar-refractivity contribution in [2.24, 2.45) is 4.99 Å². The summed E-state index contributed by atoms with van der Waals surface area (Å²) in [5.41, 5.74) is 9.55. The monoisotopic (exact) mass is 430 g/mol. The van der Waals surface area contributed by atoms with Gasteiger partial charge in [-0.2, -0.15) is 0 Å². The van der Waals surface area contributed by atoms with Crippen LogP contribution < -0.4 is 19.9 Å². The number of anilines is 1. The molecule has 32 heavy (non-hydrogen) atoms. The summed E-state index contributed by atoms with van der Waals surface area (Å²) >= 11 is 0. The Morgan fingerprint density at radius 2 is 1.53 bits per heavy atom. The van der Waals surface area contributed by atoms with Gasteiger partial charge in [0.25, 0.3) is 0 Å². The Kier molecular flexibility index (Phi) is 7.65. The molecule has 164 valence electrons. The van der Waals surface area contributed by atoms with Gasteiger partial charge in [0.15, 0.2) is 17.3 Å². The normalized spacial score (nSPS) is 11.1. The number of ether oxygens (including phenoxy) is 3. The molecule has 0 unspecified atom stereocenters. The summed E-state index contributed by atoms with van der Waals surface area (Å²) in [7, 11) is 4.75. The number of benzene rings is 3. The number of Topliss-reactive ketones (excluding diaryl/α,β-unsaturated/α-hetero) is 1. The smallest absolute Gasteiger partial charge is 0.203 e. The van der Waals surface area contributed by atoms with Crippen LogP contribution in [0.3, 0.4) is 0 Å². The Bertz CT molecular complexity index is 1110. The number of aliphatic imine (C=N–C) groups is 1. The van der Waals surface area contributed by atoms with Crippen molar-refractivity contribution >= 4 is 35.5 Å². The van der Waals surface area contributed by atoms with Crippen LogP contribution in [-0.4, -0.2) is 33.3 Å². The summed E-state index contributed by atoms with van der Waals surface area (Å²) in [6, 6.07) is 18.4. The molecule has 0 aliphatic heterocycles. The molecule has 6 nitrogen and oxygen atoms in total. The number of methoxy groups -OCH3 is 3. The Hall–Kier alpha value is -4.06. The number of hydrogen-bond donors (Lipinski definition) is 1. The van der Waals surface area contributed by atoms with Crippen molar-refractivity contribution in [3.63, 3.8) is 0 Å². The minimum atomic E-state index is -0.00722. The molecule has 6 heteroatoms. The largest absolute Gasteiger partial charge is 0.493 e. The predicted octanol–water partition coefficient (Wildman–Crippen LogP) is 5.44. The molecule has 0 fully saturated rings. The number of carbonyl (C=O) groups is 1. The zero-order valence-electron chi connectivity index (χ0n) is 18.4. The number of nitrogen functional groups attached to an aromatic ring is 1. The van der Waals surface area contributed by atoms with Crippen LogP contribution in [0.15, 0.2) is 65.7 Å². The van der Waals surface area contributed by atoms with Crippen LogP contribution in [0, 0.1) is 0 Å². The Morgan fingerprint density at radius 3 is 2.16 bits per heavy atom. The summed E-state index contributed by atoms with van der Waals surface area (Å²) in [5.74, 6) is 1.73. The molecule has 0 aliphatic carbocycles. The fourth-order valence-corrected chi connectivity index (χ4v) is 3.12. The average Bonchev–Trinajstić information content (AvgIpc) is 2.82. The maximum Gasteiger partial charge on any atom is 0.203 e. The standard InChI is InChI=1S/C26H26N2O4/c1-30-24-16-19(17-25(31-2)26(24)32-3)8-7-18-5-4-6-22(15-18)28-14-13-23(29)20-9-11-21(27)12-10-20/h4-12,14-17H,13,27H2,1-3H3/b8-7-,28-14?. The van der Waals surface area contributed by atoms with E-state index < -0.39 is 0 Å². The molecule has 3 aromatic carbocycles.